The number of morpholine rings is 1. The van der Waals surface area contributed by atoms with Gasteiger partial charge < -0.3 is 14.6 Å². The molecule has 2 aliphatic heterocycles. The Balaban J connectivity index is 1.43. The molecule has 31 heavy (non-hydrogen) atoms. The van der Waals surface area contributed by atoms with Crippen LogP contribution in [0, 0.1) is 0 Å². The Kier molecular flexibility index (Phi) is 5.21. The predicted molar refractivity (Wildman–Crippen MR) is 117 cm³/mol. The first-order valence-electron chi connectivity index (χ1n) is 10.4. The van der Waals surface area contributed by atoms with Crippen LogP contribution in [-0.2, 0) is 22.4 Å². The zero-order valence-corrected chi connectivity index (χ0v) is 17.1. The van der Waals surface area contributed by atoms with Crippen LogP contribution >= 0.6 is 0 Å². The van der Waals surface area contributed by atoms with E-state index in [-0.39, 0.29) is 17.9 Å². The number of anilines is 1. The number of amides is 1. The highest BCUT2D eigenvalue weighted by Crippen LogP contribution is 2.36. The summed E-state index contributed by atoms with van der Waals surface area (Å²) >= 11 is 0. The maximum atomic E-state index is 13.3. The van der Waals surface area contributed by atoms with Gasteiger partial charge in [0.1, 0.15) is 5.82 Å². The van der Waals surface area contributed by atoms with Gasteiger partial charge in [-0.1, -0.05) is 12.1 Å². The molecule has 0 N–H and O–H groups in total. The van der Waals surface area contributed by atoms with Crippen molar-refractivity contribution in [3.05, 3.63) is 76.7 Å². The maximum absolute atomic E-state index is 13.3. The first kappa shape index (κ1) is 19.4. The third-order valence-corrected chi connectivity index (χ3v) is 5.79. The summed E-state index contributed by atoms with van der Waals surface area (Å²) < 4.78 is 6.93. The number of carbonyl (C=O) groups excluding carboxylic acids is 1. The Morgan fingerprint density at radius 3 is 2.61 bits per heavy atom. The Hall–Kier alpha value is -3.52. The number of rotatable bonds is 4. The van der Waals surface area contributed by atoms with Gasteiger partial charge in [0.25, 0.3) is 5.56 Å². The molecule has 1 amide bonds. The average molecular weight is 417 g/mol. The molecule has 4 heterocycles. The van der Waals surface area contributed by atoms with Crippen molar-refractivity contribution >= 4 is 11.6 Å². The lowest BCUT2D eigenvalue weighted by Crippen LogP contribution is -2.50. The molecule has 0 saturated carbocycles. The van der Waals surface area contributed by atoms with Gasteiger partial charge in [-0.3, -0.25) is 14.6 Å². The summed E-state index contributed by atoms with van der Waals surface area (Å²) in [7, 11) is 0. The molecule has 2 aromatic heterocycles. The fourth-order valence-corrected chi connectivity index (χ4v) is 4.34. The molecule has 0 spiro atoms. The molecule has 0 bridgehead atoms. The second kappa shape index (κ2) is 8.31. The smallest absolute Gasteiger partial charge is 0.272 e. The molecular formula is C23H23N5O3. The van der Waals surface area contributed by atoms with Crippen LogP contribution < -0.4 is 15.5 Å². The van der Waals surface area contributed by atoms with Gasteiger partial charge in [-0.25, -0.2) is 9.66 Å². The Morgan fingerprint density at radius 2 is 1.81 bits per heavy atom. The van der Waals surface area contributed by atoms with Crippen LogP contribution in [-0.4, -0.2) is 53.4 Å². The first-order chi connectivity index (χ1) is 15.2. The summed E-state index contributed by atoms with van der Waals surface area (Å²) in [5.74, 6) is 0.392. The number of hydrogen-bond acceptors (Lipinski definition) is 6. The maximum Gasteiger partial charge on any atom is 0.272 e. The van der Waals surface area contributed by atoms with Crippen LogP contribution in [0.5, 0.6) is 0 Å². The van der Waals surface area contributed by atoms with Crippen molar-refractivity contribution in [1.82, 2.24) is 14.6 Å². The molecule has 1 saturated heterocycles. The van der Waals surface area contributed by atoms with Crippen molar-refractivity contribution in [1.29, 1.82) is 0 Å². The Labute approximate surface area is 179 Å². The highest BCUT2D eigenvalue weighted by Gasteiger charge is 2.28. The lowest BCUT2D eigenvalue weighted by atomic mass is 9.99. The molecule has 0 atom stereocenters. The largest absolute Gasteiger partial charge is 0.378 e. The number of carbonyl (C=O) groups is 1. The second-order valence-electron chi connectivity index (χ2n) is 7.59. The van der Waals surface area contributed by atoms with Gasteiger partial charge in [0.05, 0.1) is 32.7 Å². The molecule has 1 aromatic carbocycles. The molecule has 0 radical (unpaired) electrons. The normalized spacial score (nSPS) is 15.7. The van der Waals surface area contributed by atoms with E-state index in [1.54, 1.807) is 12.4 Å². The van der Waals surface area contributed by atoms with Crippen LogP contribution in [0.2, 0.25) is 0 Å². The third-order valence-electron chi connectivity index (χ3n) is 5.79. The van der Waals surface area contributed by atoms with Gasteiger partial charge >= 0.3 is 0 Å². The summed E-state index contributed by atoms with van der Waals surface area (Å²) in [6.07, 6.45) is 5.88. The summed E-state index contributed by atoms with van der Waals surface area (Å²) in [5.41, 5.74) is 4.12. The van der Waals surface area contributed by atoms with E-state index in [2.05, 4.69) is 16.0 Å². The number of nitrogens with zero attached hydrogens (tertiary/aromatic N) is 5. The van der Waals surface area contributed by atoms with E-state index in [0.29, 0.717) is 38.7 Å². The second-order valence-corrected chi connectivity index (χ2v) is 7.59. The molecule has 8 heteroatoms. The number of aromatic nitrogens is 3. The molecule has 158 valence electrons. The molecular weight excluding hydrogens is 394 g/mol. The van der Waals surface area contributed by atoms with Gasteiger partial charge in [-0.05, 0) is 41.3 Å². The number of hydrogen-bond donors (Lipinski definition) is 0. The molecule has 3 aromatic rings. The van der Waals surface area contributed by atoms with Crippen molar-refractivity contribution in [3.63, 3.8) is 0 Å². The number of fused-ring (bicyclic) bond motifs is 1. The standard InChI is InChI=1S/C23H23N5O3/c29-22-6-10-25-21(28(22)26-12-14-31-15-13-26)16-23(30)27-11-7-19-18(2-1-3-20(19)27)17-4-8-24-9-5-17/h1-6,8-10H,7,11-16H2. The predicted octanol–water partition coefficient (Wildman–Crippen LogP) is 1.41. The van der Waals surface area contributed by atoms with Crippen LogP contribution in [0.3, 0.4) is 0 Å². The number of benzene rings is 1. The number of pyridine rings is 1. The zero-order valence-electron chi connectivity index (χ0n) is 17.1. The minimum absolute atomic E-state index is 0.0619. The van der Waals surface area contributed by atoms with Crippen molar-refractivity contribution in [2.75, 3.05) is 42.8 Å². The van der Waals surface area contributed by atoms with Crippen molar-refractivity contribution in [2.24, 2.45) is 0 Å². The summed E-state index contributed by atoms with van der Waals surface area (Å²) in [5, 5.41) is 1.90. The SMILES string of the molecule is O=C(Cc1nccc(=O)n1N1CCOCC1)N1CCc2c(-c3ccncc3)cccc21. The van der Waals surface area contributed by atoms with E-state index in [1.807, 2.05) is 34.2 Å². The van der Waals surface area contributed by atoms with Gasteiger partial charge in [0.2, 0.25) is 5.91 Å². The van der Waals surface area contributed by atoms with E-state index >= 15 is 0 Å². The fraction of sp³-hybridized carbons (Fsp3) is 0.304. The molecule has 8 nitrogen and oxygen atoms in total. The molecule has 0 unspecified atom stereocenters. The molecule has 5 rings (SSSR count). The summed E-state index contributed by atoms with van der Waals surface area (Å²) in [6.45, 7) is 2.89. The zero-order chi connectivity index (χ0) is 21.2. The topological polar surface area (TPSA) is 80.6 Å². The first-order valence-corrected chi connectivity index (χ1v) is 10.4. The lowest BCUT2D eigenvalue weighted by molar-refractivity contribution is -0.118. The van der Waals surface area contributed by atoms with Crippen molar-refractivity contribution in [2.45, 2.75) is 12.8 Å². The van der Waals surface area contributed by atoms with Crippen molar-refractivity contribution < 1.29 is 9.53 Å². The van der Waals surface area contributed by atoms with Gasteiger partial charge in [0.15, 0.2) is 0 Å². The minimum atomic E-state index is -0.179. The van der Waals surface area contributed by atoms with Crippen LogP contribution in [0.1, 0.15) is 11.4 Å². The van der Waals surface area contributed by atoms with Crippen LogP contribution in [0.25, 0.3) is 11.1 Å². The molecule has 2 aliphatic rings. The average Bonchev–Trinajstić information content (AvgIpc) is 3.25. The minimum Gasteiger partial charge on any atom is -0.378 e. The molecule has 0 aliphatic carbocycles. The van der Waals surface area contributed by atoms with Gasteiger partial charge in [0, 0.05) is 36.9 Å². The third kappa shape index (κ3) is 3.70. The lowest BCUT2D eigenvalue weighted by Gasteiger charge is -2.31. The highest BCUT2D eigenvalue weighted by molar-refractivity contribution is 5.97. The van der Waals surface area contributed by atoms with E-state index in [1.165, 1.54) is 16.9 Å². The number of ether oxygens (including phenoxy) is 1. The quantitative estimate of drug-likeness (QED) is 0.639. The van der Waals surface area contributed by atoms with Gasteiger partial charge in [-0.15, -0.1) is 0 Å². The fourth-order valence-electron chi connectivity index (χ4n) is 4.34. The van der Waals surface area contributed by atoms with E-state index < -0.39 is 0 Å². The Bertz CT molecular complexity index is 1160. The summed E-state index contributed by atoms with van der Waals surface area (Å²) in [6, 6.07) is 11.4. The van der Waals surface area contributed by atoms with E-state index in [9.17, 15) is 9.59 Å². The van der Waals surface area contributed by atoms with Crippen LogP contribution in [0.15, 0.2) is 59.8 Å². The highest BCUT2D eigenvalue weighted by atomic mass is 16.5. The summed E-state index contributed by atoms with van der Waals surface area (Å²) in [4.78, 5) is 36.1. The van der Waals surface area contributed by atoms with Crippen molar-refractivity contribution in [3.8, 4) is 11.1 Å². The monoisotopic (exact) mass is 417 g/mol. The Morgan fingerprint density at radius 1 is 1.00 bits per heavy atom. The van der Waals surface area contributed by atoms with Gasteiger partial charge in [-0.2, -0.15) is 0 Å². The van der Waals surface area contributed by atoms with E-state index in [4.69, 9.17) is 4.74 Å². The van der Waals surface area contributed by atoms with Crippen LogP contribution in [0.4, 0.5) is 5.69 Å². The molecule has 1 fully saturated rings. The van der Waals surface area contributed by atoms with E-state index in [0.717, 1.165) is 28.8 Å².